The van der Waals surface area contributed by atoms with E-state index in [0.29, 0.717) is 12.5 Å². The SMILES string of the molecule is N#CCCCC1CC(c2ccc(F)cc2)=CCN1. The third-order valence-electron chi connectivity index (χ3n) is 3.28. The summed E-state index contributed by atoms with van der Waals surface area (Å²) in [7, 11) is 0. The maximum absolute atomic E-state index is 12.9. The van der Waals surface area contributed by atoms with Crippen molar-refractivity contribution in [3.63, 3.8) is 0 Å². The maximum Gasteiger partial charge on any atom is 0.123 e. The van der Waals surface area contributed by atoms with Gasteiger partial charge in [-0.25, -0.2) is 4.39 Å². The average Bonchev–Trinajstić information content (AvgIpc) is 2.40. The number of nitrogens with zero attached hydrogens (tertiary/aromatic N) is 1. The zero-order chi connectivity index (χ0) is 12.8. The largest absolute Gasteiger partial charge is 0.310 e. The van der Waals surface area contributed by atoms with E-state index in [-0.39, 0.29) is 5.82 Å². The highest BCUT2D eigenvalue weighted by molar-refractivity contribution is 5.66. The van der Waals surface area contributed by atoms with Gasteiger partial charge in [0.05, 0.1) is 6.07 Å². The zero-order valence-corrected chi connectivity index (χ0v) is 10.3. The number of unbranched alkanes of at least 4 members (excludes halogenated alkanes) is 1. The summed E-state index contributed by atoms with van der Waals surface area (Å²) in [5.41, 5.74) is 2.37. The number of nitrogens with one attached hydrogen (secondary N) is 1. The van der Waals surface area contributed by atoms with E-state index in [1.54, 1.807) is 0 Å². The van der Waals surface area contributed by atoms with Gasteiger partial charge in [-0.3, -0.25) is 0 Å². The number of halogens is 1. The number of hydrogen-bond donors (Lipinski definition) is 1. The molecule has 1 N–H and O–H groups in total. The minimum Gasteiger partial charge on any atom is -0.310 e. The lowest BCUT2D eigenvalue weighted by molar-refractivity contribution is 0.488. The van der Waals surface area contributed by atoms with Crippen molar-refractivity contribution in [1.82, 2.24) is 5.32 Å². The van der Waals surface area contributed by atoms with Gasteiger partial charge in [-0.2, -0.15) is 5.26 Å². The topological polar surface area (TPSA) is 35.8 Å². The fourth-order valence-corrected chi connectivity index (χ4v) is 2.30. The number of rotatable bonds is 4. The van der Waals surface area contributed by atoms with E-state index in [9.17, 15) is 4.39 Å². The van der Waals surface area contributed by atoms with Crippen LogP contribution < -0.4 is 5.32 Å². The van der Waals surface area contributed by atoms with Crippen molar-refractivity contribution in [2.45, 2.75) is 31.7 Å². The van der Waals surface area contributed by atoms with Crippen LogP contribution in [0, 0.1) is 17.1 Å². The second kappa shape index (κ2) is 6.32. The van der Waals surface area contributed by atoms with Crippen molar-refractivity contribution in [2.24, 2.45) is 0 Å². The van der Waals surface area contributed by atoms with Crippen molar-refractivity contribution >= 4 is 5.57 Å². The van der Waals surface area contributed by atoms with E-state index < -0.39 is 0 Å². The molecule has 1 atom stereocenters. The lowest BCUT2D eigenvalue weighted by atomic mass is 9.93. The monoisotopic (exact) mass is 244 g/mol. The van der Waals surface area contributed by atoms with Gasteiger partial charge >= 0.3 is 0 Å². The first-order chi connectivity index (χ1) is 8.79. The quantitative estimate of drug-likeness (QED) is 0.825. The molecule has 0 aliphatic carbocycles. The van der Waals surface area contributed by atoms with E-state index in [4.69, 9.17) is 5.26 Å². The molecule has 18 heavy (non-hydrogen) atoms. The molecule has 94 valence electrons. The molecule has 0 bridgehead atoms. The first-order valence-corrected chi connectivity index (χ1v) is 6.35. The highest BCUT2D eigenvalue weighted by Crippen LogP contribution is 2.24. The van der Waals surface area contributed by atoms with Crippen LogP contribution in [-0.2, 0) is 0 Å². The van der Waals surface area contributed by atoms with Crippen molar-refractivity contribution in [3.8, 4) is 6.07 Å². The number of benzene rings is 1. The fraction of sp³-hybridized carbons (Fsp3) is 0.400. The highest BCUT2D eigenvalue weighted by Gasteiger charge is 2.15. The summed E-state index contributed by atoms with van der Waals surface area (Å²) in [6.45, 7) is 0.851. The molecule has 3 heteroatoms. The molecule has 1 heterocycles. The van der Waals surface area contributed by atoms with Gasteiger partial charge in [-0.1, -0.05) is 18.2 Å². The third-order valence-corrected chi connectivity index (χ3v) is 3.28. The normalized spacial score (nSPS) is 19.1. The predicted molar refractivity (Wildman–Crippen MR) is 70.2 cm³/mol. The summed E-state index contributed by atoms with van der Waals surface area (Å²) in [5.74, 6) is -0.196. The molecule has 0 spiro atoms. The van der Waals surface area contributed by atoms with Gasteiger partial charge in [0.15, 0.2) is 0 Å². The smallest absolute Gasteiger partial charge is 0.123 e. The Kier molecular flexibility index (Phi) is 4.49. The van der Waals surface area contributed by atoms with Crippen LogP contribution in [0.3, 0.4) is 0 Å². The molecule has 0 amide bonds. The Bertz CT molecular complexity index is 456. The van der Waals surface area contributed by atoms with Crippen LogP contribution in [0.15, 0.2) is 30.3 Å². The molecule has 1 aliphatic heterocycles. The van der Waals surface area contributed by atoms with E-state index in [0.717, 1.165) is 31.4 Å². The molecule has 0 fully saturated rings. The molecule has 1 aromatic carbocycles. The summed E-state index contributed by atoms with van der Waals surface area (Å²) >= 11 is 0. The predicted octanol–water partition coefficient (Wildman–Crippen LogP) is 3.26. The van der Waals surface area contributed by atoms with Gasteiger partial charge in [-0.05, 0) is 42.5 Å². The van der Waals surface area contributed by atoms with E-state index in [1.807, 2.05) is 12.1 Å². The van der Waals surface area contributed by atoms with Crippen LogP contribution in [0.1, 0.15) is 31.2 Å². The van der Waals surface area contributed by atoms with Gasteiger partial charge < -0.3 is 5.32 Å². The number of hydrogen-bond acceptors (Lipinski definition) is 2. The molecule has 0 aromatic heterocycles. The molecule has 2 rings (SSSR count). The lowest BCUT2D eigenvalue weighted by Crippen LogP contribution is -2.32. The summed E-state index contributed by atoms with van der Waals surface area (Å²) in [6, 6.07) is 9.28. The summed E-state index contributed by atoms with van der Waals surface area (Å²) < 4.78 is 12.9. The van der Waals surface area contributed by atoms with Crippen LogP contribution in [0.2, 0.25) is 0 Å². The van der Waals surface area contributed by atoms with Crippen LogP contribution in [0.4, 0.5) is 4.39 Å². The molecule has 1 unspecified atom stereocenters. The average molecular weight is 244 g/mol. The minimum absolute atomic E-state index is 0.196. The van der Waals surface area contributed by atoms with E-state index in [2.05, 4.69) is 17.5 Å². The van der Waals surface area contributed by atoms with Crippen molar-refractivity contribution in [1.29, 1.82) is 5.26 Å². The molecular formula is C15H17FN2. The van der Waals surface area contributed by atoms with E-state index >= 15 is 0 Å². The second-order valence-electron chi connectivity index (χ2n) is 4.60. The Balaban J connectivity index is 1.96. The molecule has 1 aliphatic rings. The Morgan fingerprint density at radius 1 is 1.33 bits per heavy atom. The Morgan fingerprint density at radius 3 is 2.83 bits per heavy atom. The maximum atomic E-state index is 12.9. The first-order valence-electron chi connectivity index (χ1n) is 6.35. The molecular weight excluding hydrogens is 227 g/mol. The molecule has 0 saturated heterocycles. The fourth-order valence-electron chi connectivity index (χ4n) is 2.30. The highest BCUT2D eigenvalue weighted by atomic mass is 19.1. The van der Waals surface area contributed by atoms with Crippen LogP contribution in [0.25, 0.3) is 5.57 Å². The van der Waals surface area contributed by atoms with Gasteiger partial charge in [0.25, 0.3) is 0 Å². The Labute approximate surface area is 107 Å². The standard InChI is InChI=1S/C15H17FN2/c16-14-6-4-12(5-7-14)13-8-10-18-15(11-13)3-1-2-9-17/h4-8,15,18H,1-3,10-11H2. The van der Waals surface area contributed by atoms with Crippen LogP contribution in [-0.4, -0.2) is 12.6 Å². The second-order valence-corrected chi connectivity index (χ2v) is 4.60. The summed E-state index contributed by atoms with van der Waals surface area (Å²) in [6.07, 6.45) is 5.69. The molecule has 2 nitrogen and oxygen atoms in total. The van der Waals surface area contributed by atoms with Crippen LogP contribution in [0.5, 0.6) is 0 Å². The minimum atomic E-state index is -0.196. The zero-order valence-electron chi connectivity index (χ0n) is 10.3. The Hall–Kier alpha value is -1.66. The Morgan fingerprint density at radius 2 is 2.11 bits per heavy atom. The van der Waals surface area contributed by atoms with Gasteiger partial charge in [0.2, 0.25) is 0 Å². The molecule has 0 radical (unpaired) electrons. The third kappa shape index (κ3) is 3.41. The lowest BCUT2D eigenvalue weighted by Gasteiger charge is -2.24. The van der Waals surface area contributed by atoms with Crippen molar-refractivity contribution in [2.75, 3.05) is 6.54 Å². The summed E-state index contributed by atoms with van der Waals surface area (Å²) in [4.78, 5) is 0. The van der Waals surface area contributed by atoms with Gasteiger partial charge in [0.1, 0.15) is 5.82 Å². The molecule has 1 aromatic rings. The number of nitriles is 1. The molecule has 0 saturated carbocycles. The van der Waals surface area contributed by atoms with E-state index in [1.165, 1.54) is 17.7 Å². The van der Waals surface area contributed by atoms with Gasteiger partial charge in [-0.15, -0.1) is 0 Å². The van der Waals surface area contributed by atoms with Crippen molar-refractivity contribution in [3.05, 3.63) is 41.7 Å². The van der Waals surface area contributed by atoms with Gasteiger partial charge in [0, 0.05) is 19.0 Å². The first kappa shape index (κ1) is 12.8. The summed E-state index contributed by atoms with van der Waals surface area (Å²) in [5, 5.41) is 12.0. The van der Waals surface area contributed by atoms with Crippen LogP contribution >= 0.6 is 0 Å². The van der Waals surface area contributed by atoms with Crippen molar-refractivity contribution < 1.29 is 4.39 Å².